The lowest BCUT2D eigenvalue weighted by atomic mass is 9.88. The van der Waals surface area contributed by atoms with E-state index in [9.17, 15) is 5.11 Å². The van der Waals surface area contributed by atoms with Crippen molar-refractivity contribution in [1.82, 2.24) is 0 Å². The average Bonchev–Trinajstić information content (AvgIpc) is 2.27. The molecule has 0 saturated carbocycles. The van der Waals surface area contributed by atoms with Crippen molar-refractivity contribution in [2.24, 2.45) is 0 Å². The number of hydrogen-bond acceptors (Lipinski definition) is 2. The molecule has 2 aromatic carbocycles. The van der Waals surface area contributed by atoms with Crippen LogP contribution in [0.1, 0.15) is 19.4 Å². The third kappa shape index (κ3) is 2.57. The van der Waals surface area contributed by atoms with Crippen LogP contribution in [-0.4, -0.2) is 5.11 Å². The Morgan fingerprint density at radius 1 is 1.11 bits per heavy atom. The number of benzene rings is 2. The second-order valence-electron chi connectivity index (χ2n) is 4.84. The van der Waals surface area contributed by atoms with Gasteiger partial charge in [0.15, 0.2) is 0 Å². The van der Waals surface area contributed by atoms with Crippen molar-refractivity contribution in [3.8, 4) is 11.1 Å². The van der Waals surface area contributed by atoms with Crippen LogP contribution >= 0.6 is 15.9 Å². The zero-order valence-electron chi connectivity index (χ0n) is 10.4. The van der Waals surface area contributed by atoms with Crippen LogP contribution in [0.25, 0.3) is 11.1 Å². The van der Waals surface area contributed by atoms with E-state index in [0.717, 1.165) is 21.2 Å². The first-order chi connectivity index (χ1) is 8.39. The van der Waals surface area contributed by atoms with Gasteiger partial charge in [-0.3, -0.25) is 0 Å². The molecule has 0 bridgehead atoms. The van der Waals surface area contributed by atoms with Gasteiger partial charge in [0.05, 0.1) is 5.60 Å². The lowest BCUT2D eigenvalue weighted by Gasteiger charge is -2.24. The lowest BCUT2D eigenvalue weighted by Crippen LogP contribution is -2.19. The Balaban J connectivity index is 2.74. The van der Waals surface area contributed by atoms with Crippen molar-refractivity contribution in [1.29, 1.82) is 0 Å². The van der Waals surface area contributed by atoms with Crippen molar-refractivity contribution in [3.63, 3.8) is 0 Å². The Hall–Kier alpha value is -1.32. The highest BCUT2D eigenvalue weighted by molar-refractivity contribution is 9.10. The van der Waals surface area contributed by atoms with Gasteiger partial charge < -0.3 is 10.8 Å². The van der Waals surface area contributed by atoms with Gasteiger partial charge in [0.25, 0.3) is 0 Å². The smallest absolute Gasteiger partial charge is 0.0866 e. The molecule has 0 atom stereocenters. The van der Waals surface area contributed by atoms with Gasteiger partial charge in [-0.05, 0) is 37.1 Å². The zero-order valence-corrected chi connectivity index (χ0v) is 12.0. The van der Waals surface area contributed by atoms with Crippen molar-refractivity contribution in [2.75, 3.05) is 5.73 Å². The number of hydrogen-bond donors (Lipinski definition) is 2. The summed E-state index contributed by atoms with van der Waals surface area (Å²) < 4.78 is 0.909. The van der Waals surface area contributed by atoms with Crippen LogP contribution < -0.4 is 5.73 Å². The minimum atomic E-state index is -0.976. The molecule has 0 saturated heterocycles. The van der Waals surface area contributed by atoms with Gasteiger partial charge in [-0.2, -0.15) is 0 Å². The molecule has 0 aliphatic rings. The summed E-state index contributed by atoms with van der Waals surface area (Å²) >= 11 is 3.45. The van der Waals surface area contributed by atoms with Crippen LogP contribution in [0, 0.1) is 0 Å². The molecule has 0 aliphatic heterocycles. The van der Waals surface area contributed by atoms with Crippen molar-refractivity contribution >= 4 is 21.6 Å². The molecular formula is C15H16BrNO. The van der Waals surface area contributed by atoms with Crippen molar-refractivity contribution in [3.05, 3.63) is 52.5 Å². The molecule has 0 heterocycles. The van der Waals surface area contributed by atoms with Crippen LogP contribution in [0.3, 0.4) is 0 Å². The average molecular weight is 306 g/mol. The van der Waals surface area contributed by atoms with Gasteiger partial charge in [-0.25, -0.2) is 0 Å². The molecule has 0 radical (unpaired) electrons. The standard InChI is InChI=1S/C15H16BrNO/c1-15(2,18)14-12(8-11(16)9-13(14)17)10-6-4-3-5-7-10/h3-9,18H,17H2,1-2H3. The van der Waals surface area contributed by atoms with E-state index >= 15 is 0 Å². The summed E-state index contributed by atoms with van der Waals surface area (Å²) in [6, 6.07) is 13.7. The Morgan fingerprint density at radius 3 is 2.28 bits per heavy atom. The number of aliphatic hydroxyl groups is 1. The van der Waals surface area contributed by atoms with Crippen LogP contribution in [0.15, 0.2) is 46.9 Å². The van der Waals surface area contributed by atoms with E-state index in [0.29, 0.717) is 5.69 Å². The van der Waals surface area contributed by atoms with Crippen molar-refractivity contribution < 1.29 is 5.11 Å². The molecule has 0 spiro atoms. The Labute approximate surface area is 116 Å². The Kier molecular flexibility index (Phi) is 3.46. The molecule has 94 valence electrons. The third-order valence-electron chi connectivity index (χ3n) is 2.83. The van der Waals surface area contributed by atoms with Gasteiger partial charge in [-0.15, -0.1) is 0 Å². The highest BCUT2D eigenvalue weighted by Crippen LogP contribution is 2.38. The summed E-state index contributed by atoms with van der Waals surface area (Å²) in [5.41, 5.74) is 8.43. The predicted molar refractivity (Wildman–Crippen MR) is 79.2 cm³/mol. The van der Waals surface area contributed by atoms with Crippen LogP contribution in [0.2, 0.25) is 0 Å². The molecular weight excluding hydrogens is 290 g/mol. The molecule has 2 nitrogen and oxygen atoms in total. The summed E-state index contributed by atoms with van der Waals surface area (Å²) in [6.45, 7) is 3.50. The van der Waals surface area contributed by atoms with E-state index in [-0.39, 0.29) is 0 Å². The van der Waals surface area contributed by atoms with Crippen LogP contribution in [0.5, 0.6) is 0 Å². The minimum Gasteiger partial charge on any atom is -0.398 e. The fourth-order valence-electron chi connectivity index (χ4n) is 2.16. The van der Waals surface area contributed by atoms with Crippen LogP contribution in [-0.2, 0) is 5.60 Å². The molecule has 0 fully saturated rings. The van der Waals surface area contributed by atoms with Crippen molar-refractivity contribution in [2.45, 2.75) is 19.4 Å². The maximum atomic E-state index is 10.3. The zero-order chi connectivity index (χ0) is 13.3. The van der Waals surface area contributed by atoms with Gasteiger partial charge in [0.1, 0.15) is 0 Å². The first-order valence-corrected chi connectivity index (χ1v) is 6.56. The molecule has 2 aromatic rings. The first kappa shape index (κ1) is 13.1. The van der Waals surface area contributed by atoms with Gasteiger partial charge in [-0.1, -0.05) is 46.3 Å². The summed E-state index contributed by atoms with van der Waals surface area (Å²) in [5, 5.41) is 10.3. The maximum absolute atomic E-state index is 10.3. The predicted octanol–water partition coefficient (Wildman–Crippen LogP) is 3.93. The number of nitrogen functional groups attached to an aromatic ring is 1. The normalized spacial score (nSPS) is 11.6. The quantitative estimate of drug-likeness (QED) is 0.826. The number of anilines is 1. The molecule has 2 rings (SSSR count). The number of nitrogens with two attached hydrogens (primary N) is 1. The number of rotatable bonds is 2. The molecule has 18 heavy (non-hydrogen) atoms. The fraction of sp³-hybridized carbons (Fsp3) is 0.200. The van der Waals surface area contributed by atoms with Gasteiger partial charge in [0.2, 0.25) is 0 Å². The molecule has 0 aromatic heterocycles. The molecule has 3 heteroatoms. The summed E-state index contributed by atoms with van der Waals surface area (Å²) in [6.07, 6.45) is 0. The fourth-order valence-corrected chi connectivity index (χ4v) is 2.63. The largest absolute Gasteiger partial charge is 0.398 e. The van der Waals surface area contributed by atoms with Crippen LogP contribution in [0.4, 0.5) is 5.69 Å². The van der Waals surface area contributed by atoms with Gasteiger partial charge in [0, 0.05) is 15.7 Å². The maximum Gasteiger partial charge on any atom is 0.0866 e. The highest BCUT2D eigenvalue weighted by Gasteiger charge is 2.24. The Bertz CT molecular complexity index is 559. The summed E-state index contributed by atoms with van der Waals surface area (Å²) in [5.74, 6) is 0. The third-order valence-corrected chi connectivity index (χ3v) is 3.29. The highest BCUT2D eigenvalue weighted by atomic mass is 79.9. The second-order valence-corrected chi connectivity index (χ2v) is 5.76. The first-order valence-electron chi connectivity index (χ1n) is 5.77. The summed E-state index contributed by atoms with van der Waals surface area (Å²) in [4.78, 5) is 0. The Morgan fingerprint density at radius 2 is 1.72 bits per heavy atom. The monoisotopic (exact) mass is 305 g/mol. The number of halogens is 1. The van der Waals surface area contributed by atoms with Gasteiger partial charge >= 0.3 is 0 Å². The minimum absolute atomic E-state index is 0.593. The molecule has 0 aliphatic carbocycles. The van der Waals surface area contributed by atoms with E-state index in [2.05, 4.69) is 15.9 Å². The van der Waals surface area contributed by atoms with E-state index in [1.807, 2.05) is 42.5 Å². The topological polar surface area (TPSA) is 46.2 Å². The van der Waals surface area contributed by atoms with E-state index < -0.39 is 5.60 Å². The molecule has 3 N–H and O–H groups in total. The second kappa shape index (κ2) is 4.75. The molecule has 0 unspecified atom stereocenters. The van der Waals surface area contributed by atoms with E-state index in [1.165, 1.54) is 0 Å². The SMILES string of the molecule is CC(C)(O)c1c(N)cc(Br)cc1-c1ccccc1. The van der Waals surface area contributed by atoms with E-state index in [1.54, 1.807) is 13.8 Å². The molecule has 0 amide bonds. The summed E-state index contributed by atoms with van der Waals surface area (Å²) in [7, 11) is 0. The lowest BCUT2D eigenvalue weighted by molar-refractivity contribution is 0.0800. The van der Waals surface area contributed by atoms with E-state index in [4.69, 9.17) is 5.73 Å².